The Morgan fingerprint density at radius 1 is 1.03 bits per heavy atom. The summed E-state index contributed by atoms with van der Waals surface area (Å²) < 4.78 is 19.5. The number of fused-ring (bicyclic) bond motifs is 1. The van der Waals surface area contributed by atoms with Crippen LogP contribution in [0.5, 0.6) is 0 Å². The molecule has 0 saturated carbocycles. The fraction of sp³-hybridized carbons (Fsp3) is 0.240. The summed E-state index contributed by atoms with van der Waals surface area (Å²) in [5.74, 6) is 0.568. The van der Waals surface area contributed by atoms with Crippen LogP contribution in [0.15, 0.2) is 69.8 Å². The highest BCUT2D eigenvalue weighted by Gasteiger charge is 2.20. The van der Waals surface area contributed by atoms with E-state index in [4.69, 9.17) is 4.42 Å². The molecular weight excluding hydrogens is 425 g/mol. The Hall–Kier alpha value is -3.16. The molecule has 164 valence electrons. The van der Waals surface area contributed by atoms with Gasteiger partial charge in [0.1, 0.15) is 17.2 Å². The molecule has 1 saturated heterocycles. The number of hydrogen-bond acceptors (Lipinski definition) is 4. The average molecular weight is 450 g/mol. The molecule has 7 heteroatoms. The van der Waals surface area contributed by atoms with Crippen LogP contribution in [0.4, 0.5) is 14.9 Å². The first-order valence-corrected chi connectivity index (χ1v) is 11.7. The summed E-state index contributed by atoms with van der Waals surface area (Å²) in [6.07, 6.45) is 0.874. The van der Waals surface area contributed by atoms with Gasteiger partial charge in [-0.2, -0.15) is 11.3 Å². The molecule has 0 spiro atoms. The van der Waals surface area contributed by atoms with E-state index in [2.05, 4.69) is 45.2 Å². The van der Waals surface area contributed by atoms with E-state index in [1.165, 1.54) is 23.3 Å². The second kappa shape index (κ2) is 9.14. The van der Waals surface area contributed by atoms with E-state index in [1.54, 1.807) is 28.4 Å². The minimum Gasteiger partial charge on any atom is -0.460 e. The predicted octanol–water partition coefficient (Wildman–Crippen LogP) is 6.04. The van der Waals surface area contributed by atoms with Crippen molar-refractivity contribution in [1.82, 2.24) is 9.80 Å². The third kappa shape index (κ3) is 4.69. The van der Waals surface area contributed by atoms with Crippen molar-refractivity contribution in [1.29, 1.82) is 0 Å². The van der Waals surface area contributed by atoms with E-state index in [-0.39, 0.29) is 11.8 Å². The number of amides is 2. The Labute approximate surface area is 190 Å². The summed E-state index contributed by atoms with van der Waals surface area (Å²) in [5.41, 5.74) is 3.79. The molecule has 1 aliphatic heterocycles. The molecule has 4 aromatic rings. The van der Waals surface area contributed by atoms with Crippen LogP contribution in [0.1, 0.15) is 12.2 Å². The summed E-state index contributed by atoms with van der Waals surface area (Å²) in [4.78, 5) is 16.7. The van der Waals surface area contributed by atoms with Crippen molar-refractivity contribution in [3.05, 3.63) is 76.9 Å². The van der Waals surface area contributed by atoms with Crippen LogP contribution in [0.25, 0.3) is 22.1 Å². The number of nitrogens with one attached hydrogen (secondary N) is 1. The standard InChI is InChI=1S/C25H24FN3O2S/c26-21-3-1-4-22(15-21)27-25(30)29-9-2-8-28(10-11-29)16-23-14-20-13-18(5-6-24(20)31-23)19-7-12-32-17-19/h1,3-7,12-15,17H,2,8-11,16H2,(H,27,30). The average Bonchev–Trinajstić information content (AvgIpc) is 3.39. The topological polar surface area (TPSA) is 48.7 Å². The van der Waals surface area contributed by atoms with Crippen molar-refractivity contribution in [2.75, 3.05) is 31.5 Å². The number of carbonyl (C=O) groups excluding carboxylic acids is 1. The SMILES string of the molecule is O=C(Nc1cccc(F)c1)N1CCCN(Cc2cc3cc(-c4ccsc4)ccc3o2)CC1. The first-order valence-electron chi connectivity index (χ1n) is 10.7. The molecule has 3 heterocycles. The molecule has 5 rings (SSSR count). The minimum absolute atomic E-state index is 0.192. The number of carbonyl (C=O) groups is 1. The third-order valence-corrected chi connectivity index (χ3v) is 6.44. The highest BCUT2D eigenvalue weighted by atomic mass is 32.1. The smallest absolute Gasteiger partial charge is 0.321 e. The lowest BCUT2D eigenvalue weighted by atomic mass is 10.1. The van der Waals surface area contributed by atoms with Crippen molar-refractivity contribution in [2.24, 2.45) is 0 Å². The van der Waals surface area contributed by atoms with Gasteiger partial charge in [-0.25, -0.2) is 9.18 Å². The van der Waals surface area contributed by atoms with E-state index in [0.29, 0.717) is 25.3 Å². The van der Waals surface area contributed by atoms with Gasteiger partial charge >= 0.3 is 6.03 Å². The Morgan fingerprint density at radius 3 is 2.81 bits per heavy atom. The Kier molecular flexibility index (Phi) is 5.92. The number of furan rings is 1. The zero-order valence-corrected chi connectivity index (χ0v) is 18.4. The highest BCUT2D eigenvalue weighted by Crippen LogP contribution is 2.28. The third-order valence-electron chi connectivity index (χ3n) is 5.75. The summed E-state index contributed by atoms with van der Waals surface area (Å²) in [7, 11) is 0. The molecule has 5 nitrogen and oxygen atoms in total. The number of rotatable bonds is 4. The van der Waals surface area contributed by atoms with Crippen LogP contribution in [0.3, 0.4) is 0 Å². The van der Waals surface area contributed by atoms with Gasteiger partial charge in [-0.15, -0.1) is 0 Å². The summed E-state index contributed by atoms with van der Waals surface area (Å²) in [5, 5.41) is 8.13. The van der Waals surface area contributed by atoms with Crippen LogP contribution >= 0.6 is 11.3 Å². The monoisotopic (exact) mass is 449 g/mol. The fourth-order valence-corrected chi connectivity index (χ4v) is 4.77. The molecule has 0 bridgehead atoms. The van der Waals surface area contributed by atoms with Crippen LogP contribution in [-0.2, 0) is 6.54 Å². The quantitative estimate of drug-likeness (QED) is 0.413. The first-order chi connectivity index (χ1) is 15.6. The van der Waals surface area contributed by atoms with Gasteiger partial charge in [0.2, 0.25) is 0 Å². The number of benzene rings is 2. The predicted molar refractivity (Wildman–Crippen MR) is 126 cm³/mol. The number of nitrogens with zero attached hydrogens (tertiary/aromatic N) is 2. The van der Waals surface area contributed by atoms with Crippen molar-refractivity contribution in [3.63, 3.8) is 0 Å². The number of anilines is 1. The molecule has 0 atom stereocenters. The van der Waals surface area contributed by atoms with Crippen molar-refractivity contribution >= 4 is 34.0 Å². The van der Waals surface area contributed by atoms with Gasteiger partial charge in [0.25, 0.3) is 0 Å². The Balaban J connectivity index is 1.21. The maximum Gasteiger partial charge on any atom is 0.321 e. The molecule has 1 fully saturated rings. The molecule has 0 radical (unpaired) electrons. The molecule has 2 amide bonds. The molecular formula is C25H24FN3O2S. The number of thiophene rings is 1. The number of urea groups is 1. The van der Waals surface area contributed by atoms with Gasteiger partial charge in [-0.05, 0) is 70.8 Å². The van der Waals surface area contributed by atoms with E-state index in [0.717, 1.165) is 36.2 Å². The van der Waals surface area contributed by atoms with Crippen LogP contribution < -0.4 is 5.32 Å². The molecule has 2 aromatic heterocycles. The lowest BCUT2D eigenvalue weighted by molar-refractivity contribution is 0.209. The molecule has 32 heavy (non-hydrogen) atoms. The molecule has 1 N–H and O–H groups in total. The molecule has 0 unspecified atom stereocenters. The normalized spacial score (nSPS) is 15.1. The number of halogens is 1. The fourth-order valence-electron chi connectivity index (χ4n) is 4.11. The Morgan fingerprint density at radius 2 is 1.97 bits per heavy atom. The lowest BCUT2D eigenvalue weighted by Crippen LogP contribution is -2.38. The van der Waals surface area contributed by atoms with E-state index < -0.39 is 0 Å². The highest BCUT2D eigenvalue weighted by molar-refractivity contribution is 7.08. The van der Waals surface area contributed by atoms with Gasteiger partial charge < -0.3 is 14.6 Å². The Bertz CT molecular complexity index is 1220. The van der Waals surface area contributed by atoms with Crippen LogP contribution in [-0.4, -0.2) is 42.0 Å². The second-order valence-corrected chi connectivity index (χ2v) is 8.81. The minimum atomic E-state index is -0.363. The largest absolute Gasteiger partial charge is 0.460 e. The van der Waals surface area contributed by atoms with Crippen molar-refractivity contribution < 1.29 is 13.6 Å². The number of hydrogen-bond donors (Lipinski definition) is 1. The van der Waals surface area contributed by atoms with Crippen LogP contribution in [0.2, 0.25) is 0 Å². The first kappa shape index (κ1) is 20.7. The van der Waals surface area contributed by atoms with Gasteiger partial charge in [-0.3, -0.25) is 4.90 Å². The van der Waals surface area contributed by atoms with E-state index in [1.807, 2.05) is 6.07 Å². The van der Waals surface area contributed by atoms with E-state index >= 15 is 0 Å². The second-order valence-electron chi connectivity index (χ2n) is 8.03. The molecule has 0 aliphatic carbocycles. The lowest BCUT2D eigenvalue weighted by Gasteiger charge is -2.22. The van der Waals surface area contributed by atoms with E-state index in [9.17, 15) is 9.18 Å². The molecule has 2 aromatic carbocycles. The van der Waals surface area contributed by atoms with Crippen molar-refractivity contribution in [2.45, 2.75) is 13.0 Å². The van der Waals surface area contributed by atoms with Crippen molar-refractivity contribution in [3.8, 4) is 11.1 Å². The maximum absolute atomic E-state index is 13.4. The van der Waals surface area contributed by atoms with Gasteiger partial charge in [-0.1, -0.05) is 12.1 Å². The summed E-state index contributed by atoms with van der Waals surface area (Å²) in [6, 6.07) is 16.3. The summed E-state index contributed by atoms with van der Waals surface area (Å²) in [6.45, 7) is 3.64. The maximum atomic E-state index is 13.4. The zero-order valence-electron chi connectivity index (χ0n) is 17.6. The molecule has 1 aliphatic rings. The van der Waals surface area contributed by atoms with Gasteiger partial charge in [0.05, 0.1) is 6.54 Å². The summed E-state index contributed by atoms with van der Waals surface area (Å²) >= 11 is 1.69. The van der Waals surface area contributed by atoms with Gasteiger partial charge in [0, 0.05) is 37.3 Å². The van der Waals surface area contributed by atoms with Gasteiger partial charge in [0.15, 0.2) is 0 Å². The zero-order chi connectivity index (χ0) is 21.9. The van der Waals surface area contributed by atoms with Crippen LogP contribution in [0, 0.1) is 5.82 Å².